The molecular formula is C21H17Br2NO5S. The lowest BCUT2D eigenvalue weighted by molar-refractivity contribution is -0.145. The number of rotatable bonds is 7. The molecule has 0 N–H and O–H groups in total. The SMILES string of the molecule is CCOC(=O)COc1ccc(Br)cc1/C=C1/SC(=O)N(Cc2ccccc2Br)C1=O. The summed E-state index contributed by atoms with van der Waals surface area (Å²) < 4.78 is 12.0. The predicted octanol–water partition coefficient (Wildman–Crippen LogP) is 5.39. The Morgan fingerprint density at radius 3 is 2.67 bits per heavy atom. The highest BCUT2D eigenvalue weighted by Gasteiger charge is 2.35. The van der Waals surface area contributed by atoms with Crippen molar-refractivity contribution in [1.29, 1.82) is 0 Å². The van der Waals surface area contributed by atoms with Crippen LogP contribution in [0.25, 0.3) is 6.08 Å². The smallest absolute Gasteiger partial charge is 0.344 e. The number of carbonyl (C=O) groups is 3. The van der Waals surface area contributed by atoms with Crippen molar-refractivity contribution in [2.75, 3.05) is 13.2 Å². The van der Waals surface area contributed by atoms with Gasteiger partial charge in [-0.05, 0) is 54.6 Å². The number of imide groups is 1. The molecule has 1 saturated heterocycles. The maximum Gasteiger partial charge on any atom is 0.344 e. The molecule has 0 aromatic heterocycles. The summed E-state index contributed by atoms with van der Waals surface area (Å²) in [6, 6.07) is 12.6. The van der Waals surface area contributed by atoms with E-state index in [-0.39, 0.29) is 35.8 Å². The summed E-state index contributed by atoms with van der Waals surface area (Å²) in [7, 11) is 0. The molecule has 0 aliphatic carbocycles. The minimum Gasteiger partial charge on any atom is -0.481 e. The van der Waals surface area contributed by atoms with Crippen molar-refractivity contribution in [3.8, 4) is 5.75 Å². The highest BCUT2D eigenvalue weighted by Crippen LogP contribution is 2.36. The molecule has 1 heterocycles. The Balaban J connectivity index is 1.82. The molecule has 2 amide bonds. The van der Waals surface area contributed by atoms with Crippen molar-refractivity contribution in [2.24, 2.45) is 0 Å². The Bertz CT molecular complexity index is 1020. The number of amides is 2. The molecule has 1 aliphatic heterocycles. The molecule has 0 radical (unpaired) electrons. The first-order chi connectivity index (χ1) is 14.4. The summed E-state index contributed by atoms with van der Waals surface area (Å²) in [6.07, 6.45) is 1.59. The Morgan fingerprint density at radius 1 is 1.17 bits per heavy atom. The second-order valence-corrected chi connectivity index (χ2v) is 8.90. The third kappa shape index (κ3) is 5.53. The first kappa shape index (κ1) is 22.6. The van der Waals surface area contributed by atoms with Gasteiger partial charge in [0.2, 0.25) is 0 Å². The Hall–Kier alpha value is -2.10. The molecule has 3 rings (SSSR count). The van der Waals surface area contributed by atoms with Gasteiger partial charge in [0.25, 0.3) is 11.1 Å². The average Bonchev–Trinajstić information content (AvgIpc) is 2.96. The zero-order chi connectivity index (χ0) is 21.7. The summed E-state index contributed by atoms with van der Waals surface area (Å²) >= 11 is 7.70. The van der Waals surface area contributed by atoms with E-state index in [9.17, 15) is 14.4 Å². The lowest BCUT2D eigenvalue weighted by Gasteiger charge is -2.13. The second kappa shape index (κ2) is 10.3. The second-order valence-electron chi connectivity index (χ2n) is 6.14. The van der Waals surface area contributed by atoms with Crippen LogP contribution < -0.4 is 4.74 Å². The number of hydrogen-bond donors (Lipinski definition) is 0. The molecular weight excluding hydrogens is 538 g/mol. The molecule has 156 valence electrons. The molecule has 30 heavy (non-hydrogen) atoms. The minimum atomic E-state index is -0.486. The monoisotopic (exact) mass is 553 g/mol. The summed E-state index contributed by atoms with van der Waals surface area (Å²) in [5.41, 5.74) is 1.40. The number of ether oxygens (including phenoxy) is 2. The van der Waals surface area contributed by atoms with E-state index in [1.165, 1.54) is 4.90 Å². The van der Waals surface area contributed by atoms with E-state index >= 15 is 0 Å². The number of esters is 1. The fourth-order valence-electron chi connectivity index (χ4n) is 2.68. The Labute approximate surface area is 194 Å². The van der Waals surface area contributed by atoms with E-state index in [1.807, 2.05) is 24.3 Å². The average molecular weight is 555 g/mol. The fraction of sp³-hybridized carbons (Fsp3) is 0.190. The molecule has 1 fully saturated rings. The lowest BCUT2D eigenvalue weighted by atomic mass is 10.1. The van der Waals surface area contributed by atoms with Crippen molar-refractivity contribution in [3.63, 3.8) is 0 Å². The van der Waals surface area contributed by atoms with E-state index < -0.39 is 5.97 Å². The quantitative estimate of drug-likeness (QED) is 0.337. The van der Waals surface area contributed by atoms with Gasteiger partial charge in [-0.25, -0.2) is 4.79 Å². The number of carbonyl (C=O) groups excluding carboxylic acids is 3. The highest BCUT2D eigenvalue weighted by atomic mass is 79.9. The van der Waals surface area contributed by atoms with Gasteiger partial charge >= 0.3 is 5.97 Å². The fourth-order valence-corrected chi connectivity index (χ4v) is 4.30. The number of hydrogen-bond acceptors (Lipinski definition) is 6. The molecule has 0 atom stereocenters. The summed E-state index contributed by atoms with van der Waals surface area (Å²) in [5, 5.41) is -0.342. The molecule has 0 bridgehead atoms. The molecule has 0 saturated carbocycles. The highest BCUT2D eigenvalue weighted by molar-refractivity contribution is 9.10. The van der Waals surface area contributed by atoms with E-state index in [0.717, 1.165) is 26.3 Å². The predicted molar refractivity (Wildman–Crippen MR) is 122 cm³/mol. The van der Waals surface area contributed by atoms with Gasteiger partial charge in [-0.2, -0.15) is 0 Å². The minimum absolute atomic E-state index is 0.175. The lowest BCUT2D eigenvalue weighted by Crippen LogP contribution is -2.27. The van der Waals surface area contributed by atoms with Crippen molar-refractivity contribution in [3.05, 3.63) is 67.4 Å². The normalized spacial score (nSPS) is 15.0. The standard InChI is InChI=1S/C21H17Br2NO5S/c1-2-28-19(25)12-29-17-8-7-15(22)9-14(17)10-18-20(26)24(21(27)30-18)11-13-5-3-4-6-16(13)23/h3-10H,2,11-12H2,1H3/b18-10+. The third-order valence-corrected chi connectivity index (χ3v) is 6.24. The van der Waals surface area contributed by atoms with Crippen LogP contribution in [0.5, 0.6) is 5.75 Å². The molecule has 2 aromatic rings. The third-order valence-electron chi connectivity index (χ3n) is 4.07. The van der Waals surface area contributed by atoms with Gasteiger partial charge in [0.15, 0.2) is 6.61 Å². The van der Waals surface area contributed by atoms with Crippen LogP contribution in [-0.2, 0) is 20.9 Å². The summed E-state index contributed by atoms with van der Waals surface area (Å²) in [6.45, 7) is 1.90. The first-order valence-electron chi connectivity index (χ1n) is 8.95. The van der Waals surface area contributed by atoms with E-state index in [4.69, 9.17) is 9.47 Å². The molecule has 2 aromatic carbocycles. The van der Waals surface area contributed by atoms with Crippen LogP contribution in [0.15, 0.2) is 56.3 Å². The van der Waals surface area contributed by atoms with Crippen LogP contribution in [-0.4, -0.2) is 35.2 Å². The number of nitrogens with zero attached hydrogens (tertiary/aromatic N) is 1. The van der Waals surface area contributed by atoms with E-state index in [0.29, 0.717) is 11.3 Å². The van der Waals surface area contributed by atoms with Crippen LogP contribution >= 0.6 is 43.6 Å². The Kier molecular flexibility index (Phi) is 7.74. The van der Waals surface area contributed by atoms with Gasteiger partial charge in [0.1, 0.15) is 5.75 Å². The van der Waals surface area contributed by atoms with Crippen LogP contribution in [0.1, 0.15) is 18.1 Å². The van der Waals surface area contributed by atoms with E-state index in [2.05, 4.69) is 31.9 Å². The van der Waals surface area contributed by atoms with Crippen LogP contribution in [0.4, 0.5) is 4.79 Å². The Morgan fingerprint density at radius 2 is 1.93 bits per heavy atom. The maximum atomic E-state index is 12.9. The van der Waals surface area contributed by atoms with Gasteiger partial charge in [-0.15, -0.1) is 0 Å². The summed E-state index contributed by atoms with van der Waals surface area (Å²) in [5.74, 6) is -0.457. The van der Waals surface area contributed by atoms with Crippen molar-refractivity contribution in [1.82, 2.24) is 4.90 Å². The largest absolute Gasteiger partial charge is 0.481 e. The van der Waals surface area contributed by atoms with Gasteiger partial charge in [-0.3, -0.25) is 14.5 Å². The number of halogens is 2. The topological polar surface area (TPSA) is 72.9 Å². The zero-order valence-electron chi connectivity index (χ0n) is 15.9. The molecule has 1 aliphatic rings. The van der Waals surface area contributed by atoms with Gasteiger partial charge in [0, 0.05) is 14.5 Å². The number of thioether (sulfide) groups is 1. The summed E-state index contributed by atoms with van der Waals surface area (Å²) in [4.78, 5) is 38.4. The van der Waals surface area contributed by atoms with Crippen molar-refractivity contribution in [2.45, 2.75) is 13.5 Å². The van der Waals surface area contributed by atoms with Gasteiger partial charge in [0.05, 0.1) is 18.1 Å². The van der Waals surface area contributed by atoms with E-state index in [1.54, 1.807) is 31.2 Å². The van der Waals surface area contributed by atoms with Gasteiger partial charge in [-0.1, -0.05) is 50.1 Å². The first-order valence-corrected chi connectivity index (χ1v) is 11.4. The number of benzene rings is 2. The van der Waals surface area contributed by atoms with Crippen LogP contribution in [0.2, 0.25) is 0 Å². The van der Waals surface area contributed by atoms with Crippen LogP contribution in [0, 0.1) is 0 Å². The molecule has 6 nitrogen and oxygen atoms in total. The molecule has 0 spiro atoms. The zero-order valence-corrected chi connectivity index (χ0v) is 19.9. The molecule has 0 unspecified atom stereocenters. The maximum absolute atomic E-state index is 12.9. The molecule has 9 heteroatoms. The van der Waals surface area contributed by atoms with Crippen molar-refractivity contribution >= 4 is 66.8 Å². The van der Waals surface area contributed by atoms with Gasteiger partial charge < -0.3 is 9.47 Å². The van der Waals surface area contributed by atoms with Crippen molar-refractivity contribution < 1.29 is 23.9 Å². The van der Waals surface area contributed by atoms with Crippen LogP contribution in [0.3, 0.4) is 0 Å².